The predicted octanol–water partition coefficient (Wildman–Crippen LogP) is 0.157. The summed E-state index contributed by atoms with van der Waals surface area (Å²) in [5.41, 5.74) is 7.35. The maximum absolute atomic E-state index is 12.3. The normalized spacial score (nSPS) is 16.8. The molecular weight excluding hydrogens is 308 g/mol. The molecule has 1 unspecified atom stereocenters. The molecule has 3 N–H and O–H groups in total. The lowest BCUT2D eigenvalue weighted by molar-refractivity contribution is -0.119. The van der Waals surface area contributed by atoms with Crippen LogP contribution in [0.15, 0.2) is 47.8 Å². The van der Waals surface area contributed by atoms with Gasteiger partial charge in [-0.15, -0.1) is 0 Å². The zero-order valence-electron chi connectivity index (χ0n) is 13.2. The molecule has 1 aliphatic rings. The average Bonchev–Trinajstić information content (AvgIpc) is 3.20. The Morgan fingerprint density at radius 2 is 2.08 bits per heavy atom. The third-order valence-corrected chi connectivity index (χ3v) is 3.73. The van der Waals surface area contributed by atoms with Crippen molar-refractivity contribution in [3.8, 4) is 0 Å². The number of nitrogens with zero attached hydrogens (tertiary/aromatic N) is 4. The zero-order chi connectivity index (χ0) is 17.1. The molecule has 2 amide bonds. The lowest BCUT2D eigenvalue weighted by atomic mass is 10.1. The maximum atomic E-state index is 12.3. The molecule has 2 aromatic rings. The minimum absolute atomic E-state index is 0.184. The van der Waals surface area contributed by atoms with Crippen molar-refractivity contribution >= 4 is 23.2 Å². The number of carbonyl (C=O) groups excluding carboxylic acids is 2. The fraction of sp³-hybridized carbons (Fsp3) is 0.250. The molecular formula is C16H18N6O2. The number of para-hydroxylation sites is 1. The van der Waals surface area contributed by atoms with Crippen molar-refractivity contribution < 1.29 is 9.59 Å². The Kier molecular flexibility index (Phi) is 4.28. The van der Waals surface area contributed by atoms with Crippen LogP contribution in [0.25, 0.3) is 0 Å². The van der Waals surface area contributed by atoms with Gasteiger partial charge in [0.15, 0.2) is 0 Å². The summed E-state index contributed by atoms with van der Waals surface area (Å²) in [5.74, 6) is -0.832. The highest BCUT2D eigenvalue weighted by Gasteiger charge is 2.34. The Morgan fingerprint density at radius 3 is 2.71 bits per heavy atom. The van der Waals surface area contributed by atoms with Crippen LogP contribution in [0.2, 0.25) is 0 Å². The number of aromatic nitrogens is 2. The quantitative estimate of drug-likeness (QED) is 0.816. The van der Waals surface area contributed by atoms with Gasteiger partial charge in [-0.1, -0.05) is 18.2 Å². The number of anilines is 1. The number of primary amides is 1. The molecule has 0 bridgehead atoms. The molecule has 1 aliphatic heterocycles. The van der Waals surface area contributed by atoms with Gasteiger partial charge in [0, 0.05) is 31.8 Å². The number of hydrogen-bond acceptors (Lipinski definition) is 5. The summed E-state index contributed by atoms with van der Waals surface area (Å²) >= 11 is 0. The lowest BCUT2D eigenvalue weighted by Gasteiger charge is -2.20. The van der Waals surface area contributed by atoms with Crippen molar-refractivity contribution in [2.75, 3.05) is 5.01 Å². The van der Waals surface area contributed by atoms with Crippen molar-refractivity contribution in [1.82, 2.24) is 15.1 Å². The number of nitrogens with one attached hydrogen (secondary N) is 1. The molecule has 0 spiro atoms. The molecule has 24 heavy (non-hydrogen) atoms. The summed E-state index contributed by atoms with van der Waals surface area (Å²) < 4.78 is 1.66. The minimum atomic E-state index is -0.661. The van der Waals surface area contributed by atoms with E-state index in [1.165, 1.54) is 5.01 Å². The highest BCUT2D eigenvalue weighted by atomic mass is 16.2. The third-order valence-electron chi connectivity index (χ3n) is 3.73. The van der Waals surface area contributed by atoms with E-state index in [-0.39, 0.29) is 18.0 Å². The molecule has 0 aliphatic carbocycles. The smallest absolute Gasteiger partial charge is 0.267 e. The number of hydrazone groups is 1. The van der Waals surface area contributed by atoms with E-state index < -0.39 is 11.9 Å². The number of rotatable bonds is 5. The first-order chi connectivity index (χ1) is 11.5. The van der Waals surface area contributed by atoms with E-state index in [2.05, 4.69) is 15.5 Å². The van der Waals surface area contributed by atoms with E-state index in [4.69, 9.17) is 5.73 Å². The summed E-state index contributed by atoms with van der Waals surface area (Å²) in [6.45, 7) is 0.346. The number of hydrogen-bond donors (Lipinski definition) is 2. The van der Waals surface area contributed by atoms with Crippen molar-refractivity contribution in [2.24, 2.45) is 17.9 Å². The van der Waals surface area contributed by atoms with Crippen LogP contribution >= 0.6 is 0 Å². The molecule has 1 aromatic heterocycles. The maximum Gasteiger partial charge on any atom is 0.267 e. The van der Waals surface area contributed by atoms with E-state index in [1.54, 1.807) is 10.9 Å². The highest BCUT2D eigenvalue weighted by Crippen LogP contribution is 2.24. The zero-order valence-corrected chi connectivity index (χ0v) is 13.2. The van der Waals surface area contributed by atoms with E-state index in [0.717, 1.165) is 11.3 Å². The molecule has 2 heterocycles. The fourth-order valence-corrected chi connectivity index (χ4v) is 2.54. The highest BCUT2D eigenvalue weighted by molar-refractivity contribution is 6.40. The molecule has 1 aromatic carbocycles. The lowest BCUT2D eigenvalue weighted by Crippen LogP contribution is -2.39. The standard InChI is InChI=1S/C16H18N6O2/c1-21-10-11(9-19-21)8-18-16(24)13-7-14(15(17)23)22(20-13)12-5-3-2-4-6-12/h2-6,9-10,14H,7-8H2,1H3,(H2,17,23)(H,18,24). The Balaban J connectivity index is 1.72. The van der Waals surface area contributed by atoms with Gasteiger partial charge < -0.3 is 11.1 Å². The molecule has 0 radical (unpaired) electrons. The Hall–Kier alpha value is -3.16. The Morgan fingerprint density at radius 1 is 1.33 bits per heavy atom. The fourth-order valence-electron chi connectivity index (χ4n) is 2.54. The minimum Gasteiger partial charge on any atom is -0.368 e. The van der Waals surface area contributed by atoms with E-state index >= 15 is 0 Å². The SMILES string of the molecule is Cn1cc(CNC(=O)C2=NN(c3ccccc3)C(C(N)=O)C2)cn1. The van der Waals surface area contributed by atoms with Gasteiger partial charge in [-0.2, -0.15) is 10.2 Å². The number of nitrogens with two attached hydrogens (primary N) is 1. The summed E-state index contributed by atoms with van der Waals surface area (Å²) in [5, 5.41) is 12.6. The first kappa shape index (κ1) is 15.7. The second-order valence-corrected chi connectivity index (χ2v) is 5.55. The Labute approximate surface area is 138 Å². The van der Waals surface area contributed by atoms with E-state index in [9.17, 15) is 9.59 Å². The molecule has 0 saturated carbocycles. The summed E-state index contributed by atoms with van der Waals surface area (Å²) in [6, 6.07) is 8.51. The second kappa shape index (κ2) is 6.53. The van der Waals surface area contributed by atoms with Crippen molar-refractivity contribution in [1.29, 1.82) is 0 Å². The van der Waals surface area contributed by atoms with Crippen LogP contribution in [0.5, 0.6) is 0 Å². The van der Waals surface area contributed by atoms with Crippen LogP contribution in [0.4, 0.5) is 5.69 Å². The summed E-state index contributed by atoms with van der Waals surface area (Å²) in [7, 11) is 1.81. The van der Waals surface area contributed by atoms with Crippen LogP contribution < -0.4 is 16.1 Å². The molecule has 8 nitrogen and oxygen atoms in total. The first-order valence-corrected chi connectivity index (χ1v) is 7.51. The second-order valence-electron chi connectivity index (χ2n) is 5.55. The Bertz CT molecular complexity index is 783. The number of benzene rings is 1. The van der Waals surface area contributed by atoms with Gasteiger partial charge >= 0.3 is 0 Å². The predicted molar refractivity (Wildman–Crippen MR) is 89.0 cm³/mol. The molecule has 1 atom stereocenters. The van der Waals surface area contributed by atoms with Gasteiger partial charge in [0.2, 0.25) is 5.91 Å². The third kappa shape index (κ3) is 3.27. The molecule has 0 fully saturated rings. The van der Waals surface area contributed by atoms with Crippen molar-refractivity contribution in [2.45, 2.75) is 19.0 Å². The molecule has 124 valence electrons. The van der Waals surface area contributed by atoms with Gasteiger partial charge in [0.25, 0.3) is 5.91 Å². The molecule has 3 rings (SSSR count). The van der Waals surface area contributed by atoms with Gasteiger partial charge in [0.1, 0.15) is 11.8 Å². The number of carbonyl (C=O) groups is 2. The monoisotopic (exact) mass is 326 g/mol. The number of aryl methyl sites for hydroxylation is 1. The van der Waals surface area contributed by atoms with Crippen LogP contribution in [-0.4, -0.2) is 33.3 Å². The molecule has 0 saturated heterocycles. The number of amides is 2. The van der Waals surface area contributed by atoms with Gasteiger partial charge in [-0.05, 0) is 12.1 Å². The largest absolute Gasteiger partial charge is 0.368 e. The van der Waals surface area contributed by atoms with Crippen LogP contribution in [-0.2, 0) is 23.2 Å². The molecule has 8 heteroatoms. The van der Waals surface area contributed by atoms with Gasteiger partial charge in [0.05, 0.1) is 11.9 Å². The van der Waals surface area contributed by atoms with Gasteiger partial charge in [-0.25, -0.2) is 0 Å². The topological polar surface area (TPSA) is 106 Å². The summed E-state index contributed by atoms with van der Waals surface area (Å²) in [6.07, 6.45) is 3.68. The summed E-state index contributed by atoms with van der Waals surface area (Å²) in [4.78, 5) is 24.0. The van der Waals surface area contributed by atoms with Crippen LogP contribution in [0.1, 0.15) is 12.0 Å². The van der Waals surface area contributed by atoms with E-state index in [0.29, 0.717) is 6.54 Å². The van der Waals surface area contributed by atoms with Gasteiger partial charge in [-0.3, -0.25) is 19.3 Å². The van der Waals surface area contributed by atoms with E-state index in [1.807, 2.05) is 43.6 Å². The van der Waals surface area contributed by atoms with Crippen LogP contribution in [0, 0.1) is 0 Å². The first-order valence-electron chi connectivity index (χ1n) is 7.51. The van der Waals surface area contributed by atoms with Crippen LogP contribution in [0.3, 0.4) is 0 Å². The van der Waals surface area contributed by atoms with Crippen molar-refractivity contribution in [3.05, 3.63) is 48.3 Å². The average molecular weight is 326 g/mol. The van der Waals surface area contributed by atoms with Crippen molar-refractivity contribution in [3.63, 3.8) is 0 Å².